The number of rotatable bonds is 8. The van der Waals surface area contributed by atoms with Crippen molar-refractivity contribution >= 4 is 21.6 Å². The van der Waals surface area contributed by atoms with Crippen molar-refractivity contribution in [3.05, 3.63) is 59.2 Å². The lowest BCUT2D eigenvalue weighted by atomic mass is 10.1. The summed E-state index contributed by atoms with van der Waals surface area (Å²) < 4.78 is 31.3. The van der Waals surface area contributed by atoms with Gasteiger partial charge in [-0.25, -0.2) is 8.42 Å². The second-order valence-corrected chi connectivity index (χ2v) is 8.82. The lowest BCUT2D eigenvalue weighted by Crippen LogP contribution is -2.48. The summed E-state index contributed by atoms with van der Waals surface area (Å²) in [5.41, 5.74) is 3.79. The maximum Gasteiger partial charge on any atom is 0.243 e. The number of anilines is 1. The summed E-state index contributed by atoms with van der Waals surface area (Å²) in [6.07, 6.45) is 1.10. The van der Waals surface area contributed by atoms with Crippen LogP contribution in [0, 0.1) is 20.8 Å². The molecule has 1 atom stereocenters. The normalized spacial score (nSPS) is 12.3. The summed E-state index contributed by atoms with van der Waals surface area (Å²) in [6, 6.07) is 12.0. The quantitative estimate of drug-likeness (QED) is 0.687. The van der Waals surface area contributed by atoms with Gasteiger partial charge in [0.15, 0.2) is 0 Å². The minimum absolute atomic E-state index is 0.279. The van der Waals surface area contributed by atoms with Gasteiger partial charge in [0, 0.05) is 0 Å². The average molecular weight is 405 g/mol. The van der Waals surface area contributed by atoms with Crippen LogP contribution in [-0.2, 0) is 14.8 Å². The molecular weight excluding hydrogens is 376 g/mol. The number of nitrogens with one attached hydrogen (secondary N) is 1. The molecule has 0 heterocycles. The Kier molecular flexibility index (Phi) is 7.07. The van der Waals surface area contributed by atoms with Crippen molar-refractivity contribution in [2.45, 2.75) is 33.7 Å². The number of amides is 1. The summed E-state index contributed by atoms with van der Waals surface area (Å²) in [6.45, 7) is 8.10. The summed E-state index contributed by atoms with van der Waals surface area (Å²) in [5, 5.41) is 2.74. The number of nitrogens with zero attached hydrogens (tertiary/aromatic N) is 1. The second kappa shape index (κ2) is 9.10. The first-order chi connectivity index (χ1) is 13.1. The topological polar surface area (TPSA) is 75.7 Å². The third-order valence-corrected chi connectivity index (χ3v) is 5.77. The zero-order valence-corrected chi connectivity index (χ0v) is 17.8. The van der Waals surface area contributed by atoms with Gasteiger partial charge >= 0.3 is 0 Å². The molecule has 0 aliphatic carbocycles. The molecule has 0 saturated heterocycles. The van der Waals surface area contributed by atoms with Crippen molar-refractivity contribution in [1.29, 1.82) is 0 Å². The smallest absolute Gasteiger partial charge is 0.243 e. The number of ether oxygens (including phenoxy) is 1. The number of hydrogen-bond acceptors (Lipinski definition) is 4. The maximum absolute atomic E-state index is 12.5. The van der Waals surface area contributed by atoms with E-state index in [2.05, 4.69) is 5.32 Å². The first kappa shape index (κ1) is 21.8. The van der Waals surface area contributed by atoms with E-state index < -0.39 is 16.1 Å². The highest BCUT2D eigenvalue weighted by Gasteiger charge is 2.28. The van der Waals surface area contributed by atoms with Gasteiger partial charge in [0.1, 0.15) is 18.4 Å². The molecule has 1 N–H and O–H groups in total. The lowest BCUT2D eigenvalue weighted by Gasteiger charge is -2.28. The van der Waals surface area contributed by atoms with Crippen LogP contribution in [0.2, 0.25) is 0 Å². The highest BCUT2D eigenvalue weighted by atomic mass is 32.2. The highest BCUT2D eigenvalue weighted by Crippen LogP contribution is 2.21. The minimum atomic E-state index is -3.62. The van der Waals surface area contributed by atoms with Gasteiger partial charge in [0.05, 0.1) is 18.5 Å². The van der Waals surface area contributed by atoms with E-state index in [1.807, 2.05) is 51.1 Å². The molecular formula is C21H28N2O4S. The van der Waals surface area contributed by atoms with Crippen LogP contribution in [0.4, 0.5) is 5.69 Å². The summed E-state index contributed by atoms with van der Waals surface area (Å²) in [4.78, 5) is 12.5. The number of aryl methyl sites for hydroxylation is 3. The Balaban J connectivity index is 1.97. The maximum atomic E-state index is 12.5. The molecule has 6 nitrogen and oxygen atoms in total. The standard InChI is InChI=1S/C21H28N2O4S/c1-15-6-9-19(10-7-15)23(28(5,25)26)18(4)21(24)22-12-13-27-20-11-8-16(2)17(3)14-20/h6-11,14,18H,12-13H2,1-5H3,(H,22,24). The zero-order valence-electron chi connectivity index (χ0n) is 17.0. The molecule has 0 aliphatic rings. The minimum Gasteiger partial charge on any atom is -0.492 e. The Morgan fingerprint density at radius 3 is 2.29 bits per heavy atom. The molecule has 0 fully saturated rings. The van der Waals surface area contributed by atoms with Crippen LogP contribution in [0.5, 0.6) is 5.75 Å². The fourth-order valence-electron chi connectivity index (χ4n) is 2.79. The van der Waals surface area contributed by atoms with E-state index in [4.69, 9.17) is 4.74 Å². The van der Waals surface area contributed by atoms with Gasteiger partial charge < -0.3 is 10.1 Å². The third kappa shape index (κ3) is 5.73. The molecule has 2 aromatic rings. The molecule has 152 valence electrons. The predicted molar refractivity (Wildman–Crippen MR) is 112 cm³/mol. The van der Waals surface area contributed by atoms with Gasteiger partial charge in [-0.3, -0.25) is 9.10 Å². The molecule has 2 aromatic carbocycles. The van der Waals surface area contributed by atoms with Gasteiger partial charge in [0.2, 0.25) is 15.9 Å². The summed E-state index contributed by atoms with van der Waals surface area (Å²) >= 11 is 0. The molecule has 0 aromatic heterocycles. The number of carbonyl (C=O) groups is 1. The molecule has 0 bridgehead atoms. The van der Waals surface area contributed by atoms with Gasteiger partial charge in [0.25, 0.3) is 0 Å². The molecule has 0 radical (unpaired) electrons. The van der Waals surface area contributed by atoms with E-state index in [-0.39, 0.29) is 12.5 Å². The average Bonchev–Trinajstić information content (AvgIpc) is 2.62. The number of hydrogen-bond donors (Lipinski definition) is 1. The van der Waals surface area contributed by atoms with Crippen LogP contribution in [0.25, 0.3) is 0 Å². The number of benzene rings is 2. The van der Waals surface area contributed by atoms with Crippen molar-refractivity contribution in [3.63, 3.8) is 0 Å². The highest BCUT2D eigenvalue weighted by molar-refractivity contribution is 7.92. The van der Waals surface area contributed by atoms with Gasteiger partial charge in [-0.15, -0.1) is 0 Å². The van der Waals surface area contributed by atoms with Gasteiger partial charge in [-0.05, 0) is 63.1 Å². The lowest BCUT2D eigenvalue weighted by molar-refractivity contribution is -0.121. The third-order valence-electron chi connectivity index (χ3n) is 4.53. The summed E-state index contributed by atoms with van der Waals surface area (Å²) in [5.74, 6) is 0.359. The van der Waals surface area contributed by atoms with Gasteiger partial charge in [-0.2, -0.15) is 0 Å². The van der Waals surface area contributed by atoms with Crippen LogP contribution < -0.4 is 14.4 Å². The Labute approximate surface area is 167 Å². The molecule has 7 heteroatoms. The fourth-order valence-corrected chi connectivity index (χ4v) is 3.97. The Morgan fingerprint density at radius 2 is 1.71 bits per heavy atom. The van der Waals surface area contributed by atoms with E-state index in [1.54, 1.807) is 19.1 Å². The van der Waals surface area contributed by atoms with Crippen molar-refractivity contribution in [3.8, 4) is 5.75 Å². The van der Waals surface area contributed by atoms with E-state index in [0.717, 1.165) is 27.4 Å². The van der Waals surface area contributed by atoms with Gasteiger partial charge in [-0.1, -0.05) is 23.8 Å². The van der Waals surface area contributed by atoms with Crippen LogP contribution in [0.1, 0.15) is 23.6 Å². The van der Waals surface area contributed by atoms with Crippen LogP contribution in [-0.4, -0.2) is 39.8 Å². The molecule has 28 heavy (non-hydrogen) atoms. The van der Waals surface area contributed by atoms with Crippen LogP contribution >= 0.6 is 0 Å². The second-order valence-electron chi connectivity index (χ2n) is 6.96. The van der Waals surface area contributed by atoms with Crippen LogP contribution in [0.15, 0.2) is 42.5 Å². The SMILES string of the molecule is Cc1ccc(N(C(C)C(=O)NCCOc2ccc(C)c(C)c2)S(C)(=O)=O)cc1. The number of sulfonamides is 1. The fraction of sp³-hybridized carbons (Fsp3) is 0.381. The zero-order chi connectivity index (χ0) is 20.9. The van der Waals surface area contributed by atoms with Crippen molar-refractivity contribution in [2.75, 3.05) is 23.7 Å². The Morgan fingerprint density at radius 1 is 1.07 bits per heavy atom. The Hall–Kier alpha value is -2.54. The predicted octanol–water partition coefficient (Wildman–Crippen LogP) is 2.96. The monoisotopic (exact) mass is 404 g/mol. The Bertz CT molecular complexity index is 924. The van der Waals surface area contributed by atoms with Crippen molar-refractivity contribution in [1.82, 2.24) is 5.32 Å². The van der Waals surface area contributed by atoms with Crippen LogP contribution in [0.3, 0.4) is 0 Å². The van der Waals surface area contributed by atoms with E-state index in [9.17, 15) is 13.2 Å². The first-order valence-corrected chi connectivity index (χ1v) is 11.0. The summed E-state index contributed by atoms with van der Waals surface area (Å²) in [7, 11) is -3.62. The molecule has 0 spiro atoms. The van der Waals surface area contributed by atoms with E-state index >= 15 is 0 Å². The number of carbonyl (C=O) groups excluding carboxylic acids is 1. The molecule has 2 rings (SSSR count). The van der Waals surface area contributed by atoms with E-state index in [0.29, 0.717) is 12.3 Å². The van der Waals surface area contributed by atoms with Crippen molar-refractivity contribution < 1.29 is 17.9 Å². The van der Waals surface area contributed by atoms with E-state index in [1.165, 1.54) is 5.56 Å². The largest absolute Gasteiger partial charge is 0.492 e. The molecule has 0 aliphatic heterocycles. The first-order valence-electron chi connectivity index (χ1n) is 9.13. The molecule has 1 unspecified atom stereocenters. The van der Waals surface area contributed by atoms with Crippen molar-refractivity contribution in [2.24, 2.45) is 0 Å². The molecule has 0 saturated carbocycles. The molecule has 1 amide bonds.